The summed E-state index contributed by atoms with van der Waals surface area (Å²) < 4.78 is 1.51. The quantitative estimate of drug-likeness (QED) is 0.423. The number of aliphatic carboxylic acids is 1. The van der Waals surface area contributed by atoms with Crippen molar-refractivity contribution >= 4 is 23.0 Å². The van der Waals surface area contributed by atoms with Crippen molar-refractivity contribution in [2.45, 2.75) is 57.4 Å². The Morgan fingerprint density at radius 3 is 2.68 bits per heavy atom. The van der Waals surface area contributed by atoms with Crippen LogP contribution in [0.4, 0.5) is 0 Å². The number of hydrogen-bond acceptors (Lipinski definition) is 7. The Hall–Kier alpha value is -2.79. The summed E-state index contributed by atoms with van der Waals surface area (Å²) in [5.41, 5.74) is -0.771. The Morgan fingerprint density at radius 1 is 1.29 bits per heavy atom. The molecule has 0 unspecified atom stereocenters. The highest BCUT2D eigenvalue weighted by atomic mass is 16.4. The number of carboxylic acids is 1. The number of H-pyrrole nitrogens is 1. The van der Waals surface area contributed by atoms with Crippen LogP contribution in [0, 0.1) is 5.41 Å². The molecule has 1 saturated carbocycles. The van der Waals surface area contributed by atoms with Crippen LogP contribution >= 0.6 is 0 Å². The molecule has 1 aliphatic rings. The lowest BCUT2D eigenvalue weighted by atomic mass is 9.85. The second kappa shape index (κ2) is 7.32. The number of carboxylic acid groups (broad SMARTS) is 1. The third-order valence-corrected chi connectivity index (χ3v) is 4.99. The molecule has 0 radical (unpaired) electrons. The second-order valence-corrected chi connectivity index (χ2v) is 7.93. The van der Waals surface area contributed by atoms with Gasteiger partial charge in [-0.2, -0.15) is 0 Å². The number of nitrogens with one attached hydrogen (secondary N) is 2. The zero-order valence-corrected chi connectivity index (χ0v) is 15.5. The lowest BCUT2D eigenvalue weighted by Gasteiger charge is -2.24. The van der Waals surface area contributed by atoms with Gasteiger partial charge >= 0.3 is 5.97 Å². The number of aliphatic hydroxyl groups is 2. The van der Waals surface area contributed by atoms with Gasteiger partial charge in [0.15, 0.2) is 11.2 Å². The molecule has 2 aromatic rings. The molecule has 5 N–H and O–H groups in total. The molecular weight excluding hydrogens is 370 g/mol. The topological polar surface area (TPSA) is 170 Å². The van der Waals surface area contributed by atoms with Crippen molar-refractivity contribution in [3.8, 4) is 0 Å². The van der Waals surface area contributed by atoms with Crippen molar-refractivity contribution in [2.75, 3.05) is 0 Å². The molecular formula is C17H23N5O6. The van der Waals surface area contributed by atoms with Crippen LogP contribution in [0.1, 0.15) is 39.2 Å². The number of aliphatic hydroxyl groups excluding tert-OH is 2. The average Bonchev–Trinajstić information content (AvgIpc) is 3.10. The van der Waals surface area contributed by atoms with Crippen LogP contribution in [0.3, 0.4) is 0 Å². The number of nitrogens with zero attached hydrogens (tertiary/aromatic N) is 3. The Kier molecular flexibility index (Phi) is 5.22. The molecule has 0 aliphatic heterocycles. The summed E-state index contributed by atoms with van der Waals surface area (Å²) in [7, 11) is 0. The highest BCUT2D eigenvalue weighted by molar-refractivity contribution is 5.78. The third kappa shape index (κ3) is 3.90. The van der Waals surface area contributed by atoms with Gasteiger partial charge in [-0.1, -0.05) is 13.8 Å². The van der Waals surface area contributed by atoms with E-state index in [0.717, 1.165) is 0 Å². The summed E-state index contributed by atoms with van der Waals surface area (Å²) in [5, 5.41) is 32.4. The average molecular weight is 393 g/mol. The van der Waals surface area contributed by atoms with E-state index in [1.807, 2.05) is 0 Å². The molecule has 1 amide bonds. The Labute approximate surface area is 159 Å². The van der Waals surface area contributed by atoms with Crippen LogP contribution in [-0.4, -0.2) is 65.0 Å². The molecule has 2 aromatic heterocycles. The first-order valence-electron chi connectivity index (χ1n) is 8.86. The monoisotopic (exact) mass is 393 g/mol. The fourth-order valence-electron chi connectivity index (χ4n) is 3.70. The smallest absolute Gasteiger partial charge is 0.303 e. The van der Waals surface area contributed by atoms with Gasteiger partial charge in [-0.05, 0) is 11.8 Å². The molecule has 1 aliphatic carbocycles. The number of carbonyl (C=O) groups excluding carboxylic acids is 1. The largest absolute Gasteiger partial charge is 0.481 e. The van der Waals surface area contributed by atoms with Gasteiger partial charge in [0.2, 0.25) is 5.91 Å². The summed E-state index contributed by atoms with van der Waals surface area (Å²) in [4.78, 5) is 45.5. The van der Waals surface area contributed by atoms with Gasteiger partial charge in [-0.25, -0.2) is 9.97 Å². The summed E-state index contributed by atoms with van der Waals surface area (Å²) in [6, 6.07) is -1.36. The Balaban J connectivity index is 1.73. The van der Waals surface area contributed by atoms with Gasteiger partial charge in [0.25, 0.3) is 5.56 Å². The van der Waals surface area contributed by atoms with Crippen molar-refractivity contribution in [1.29, 1.82) is 0 Å². The van der Waals surface area contributed by atoms with Crippen LogP contribution in [0.2, 0.25) is 0 Å². The number of carbonyl (C=O) groups is 2. The minimum Gasteiger partial charge on any atom is -0.481 e. The number of hydrogen-bond donors (Lipinski definition) is 5. The van der Waals surface area contributed by atoms with Gasteiger partial charge < -0.3 is 30.2 Å². The van der Waals surface area contributed by atoms with Crippen molar-refractivity contribution in [1.82, 2.24) is 24.8 Å². The van der Waals surface area contributed by atoms with E-state index in [0.29, 0.717) is 0 Å². The molecule has 4 atom stereocenters. The number of rotatable bonds is 6. The van der Waals surface area contributed by atoms with Gasteiger partial charge in [0.1, 0.15) is 12.2 Å². The fraction of sp³-hybridized carbons (Fsp3) is 0.588. The van der Waals surface area contributed by atoms with Gasteiger partial charge in [0, 0.05) is 6.42 Å². The van der Waals surface area contributed by atoms with E-state index in [4.69, 9.17) is 5.11 Å². The summed E-state index contributed by atoms with van der Waals surface area (Å²) in [6.45, 7) is 3.34. The zero-order chi connectivity index (χ0) is 20.6. The fourth-order valence-corrected chi connectivity index (χ4v) is 3.70. The maximum Gasteiger partial charge on any atom is 0.303 e. The molecule has 3 rings (SSSR count). The number of imidazole rings is 1. The number of aromatic nitrogens is 4. The van der Waals surface area contributed by atoms with E-state index >= 15 is 0 Å². The van der Waals surface area contributed by atoms with Crippen LogP contribution in [0.5, 0.6) is 0 Å². The molecule has 11 heteroatoms. The lowest BCUT2D eigenvalue weighted by Crippen LogP contribution is -2.44. The number of aromatic amines is 1. The molecule has 0 bridgehead atoms. The Morgan fingerprint density at radius 2 is 2.00 bits per heavy atom. The number of amides is 1. The number of fused-ring (bicyclic) bond motifs is 1. The van der Waals surface area contributed by atoms with Gasteiger partial charge in [-0.3, -0.25) is 14.4 Å². The summed E-state index contributed by atoms with van der Waals surface area (Å²) >= 11 is 0. The molecule has 0 aromatic carbocycles. The van der Waals surface area contributed by atoms with E-state index < -0.39 is 47.1 Å². The zero-order valence-electron chi connectivity index (χ0n) is 15.5. The summed E-state index contributed by atoms with van der Waals surface area (Å²) in [5.74, 6) is -1.41. The molecule has 1 fully saturated rings. The molecule has 0 saturated heterocycles. The summed E-state index contributed by atoms with van der Waals surface area (Å²) in [6.07, 6.45) is 0.173. The molecule has 152 valence electrons. The predicted octanol–water partition coefficient (Wildman–Crippen LogP) is -0.838. The van der Waals surface area contributed by atoms with E-state index in [1.54, 1.807) is 13.8 Å². The Bertz CT molecular complexity index is 951. The van der Waals surface area contributed by atoms with Crippen LogP contribution < -0.4 is 10.9 Å². The van der Waals surface area contributed by atoms with Crippen LogP contribution in [0.15, 0.2) is 17.4 Å². The molecule has 28 heavy (non-hydrogen) atoms. The highest BCUT2D eigenvalue weighted by Crippen LogP contribution is 2.33. The minimum absolute atomic E-state index is 0.0335. The van der Waals surface area contributed by atoms with Crippen LogP contribution in [-0.2, 0) is 9.59 Å². The van der Waals surface area contributed by atoms with Crippen molar-refractivity contribution in [3.05, 3.63) is 23.0 Å². The molecule has 11 nitrogen and oxygen atoms in total. The van der Waals surface area contributed by atoms with Crippen molar-refractivity contribution < 1.29 is 24.9 Å². The first kappa shape index (κ1) is 20.0. The van der Waals surface area contributed by atoms with E-state index in [2.05, 4.69) is 20.3 Å². The molecule has 2 heterocycles. The first-order valence-corrected chi connectivity index (χ1v) is 8.86. The minimum atomic E-state index is -1.23. The van der Waals surface area contributed by atoms with Crippen LogP contribution in [0.25, 0.3) is 11.2 Å². The van der Waals surface area contributed by atoms with E-state index in [9.17, 15) is 24.6 Å². The second-order valence-electron chi connectivity index (χ2n) is 7.93. The SMILES string of the molecule is CC(C)(CC(=O)O)CC(=O)N[C@@H]1C[C@H](n2cnc3c(=O)[nH]cnc32)[C@H](O)[C@@H]1O. The van der Waals surface area contributed by atoms with E-state index in [1.165, 1.54) is 17.2 Å². The van der Waals surface area contributed by atoms with Gasteiger partial charge in [0.05, 0.1) is 31.2 Å². The van der Waals surface area contributed by atoms with Crippen molar-refractivity contribution in [3.63, 3.8) is 0 Å². The van der Waals surface area contributed by atoms with Crippen molar-refractivity contribution in [2.24, 2.45) is 5.41 Å². The third-order valence-electron chi connectivity index (χ3n) is 4.99. The lowest BCUT2D eigenvalue weighted by molar-refractivity contribution is -0.139. The maximum absolute atomic E-state index is 12.3. The highest BCUT2D eigenvalue weighted by Gasteiger charge is 2.44. The maximum atomic E-state index is 12.3. The molecule has 0 spiro atoms. The van der Waals surface area contributed by atoms with Gasteiger partial charge in [-0.15, -0.1) is 0 Å². The predicted molar refractivity (Wildman–Crippen MR) is 96.4 cm³/mol. The van der Waals surface area contributed by atoms with E-state index in [-0.39, 0.29) is 30.4 Å². The standard InChI is InChI=1S/C17H23N5O6/c1-17(2,5-11(24)25)4-10(23)21-8-3-9(14(27)13(8)26)22-7-20-12-15(22)18-6-19-16(12)28/h6-9,13-14,26-27H,3-5H2,1-2H3,(H,21,23)(H,24,25)(H,18,19,28)/t8-,9+,13-,14+/m1/s1. The normalized spacial score (nSPS) is 25.1. The first-order chi connectivity index (χ1) is 13.1.